The molecule has 4 heteroatoms. The van der Waals surface area contributed by atoms with Gasteiger partial charge in [0.25, 0.3) is 0 Å². The number of rotatable bonds is 2. The number of nitriles is 1. The van der Waals surface area contributed by atoms with Crippen molar-refractivity contribution in [2.75, 3.05) is 4.90 Å². The Morgan fingerprint density at radius 2 is 1.83 bits per heavy atom. The van der Waals surface area contributed by atoms with Gasteiger partial charge in [-0.3, -0.25) is 9.69 Å². The molecule has 2 aliphatic rings. The van der Waals surface area contributed by atoms with Crippen LogP contribution in [0, 0.1) is 32.1 Å². The third-order valence-electron chi connectivity index (χ3n) is 5.91. The SMILES string of the molecule is Cc1cccc(N2C(N)=C(C#N)[C@@H](c3ccc(C)cc3C)C3=C2CCCC3=O)c1. The van der Waals surface area contributed by atoms with E-state index in [2.05, 4.69) is 12.1 Å². The van der Waals surface area contributed by atoms with Gasteiger partial charge in [-0.2, -0.15) is 5.26 Å². The Hall–Kier alpha value is -3.32. The summed E-state index contributed by atoms with van der Waals surface area (Å²) in [5.74, 6) is 0.148. The van der Waals surface area contributed by atoms with Crippen LogP contribution in [0.15, 0.2) is 65.1 Å². The van der Waals surface area contributed by atoms with Crippen molar-refractivity contribution in [1.29, 1.82) is 5.26 Å². The number of aryl methyl sites for hydroxylation is 3. The average molecular weight is 383 g/mol. The molecule has 29 heavy (non-hydrogen) atoms. The predicted octanol–water partition coefficient (Wildman–Crippen LogP) is 4.92. The van der Waals surface area contributed by atoms with Crippen molar-refractivity contribution in [3.8, 4) is 6.07 Å². The third kappa shape index (κ3) is 3.13. The van der Waals surface area contributed by atoms with Gasteiger partial charge >= 0.3 is 0 Å². The van der Waals surface area contributed by atoms with E-state index in [1.165, 1.54) is 0 Å². The van der Waals surface area contributed by atoms with Gasteiger partial charge in [0.2, 0.25) is 0 Å². The van der Waals surface area contributed by atoms with Crippen molar-refractivity contribution < 1.29 is 4.79 Å². The standard InChI is InChI=1S/C25H25N3O/c1-15-6-4-7-18(13-15)28-21-8-5-9-22(29)24(21)23(20(14-26)25(28)27)19-11-10-16(2)12-17(19)3/h4,6-7,10-13,23H,5,8-9,27H2,1-3H3/t23-/m1/s1. The molecule has 2 aromatic carbocycles. The largest absolute Gasteiger partial charge is 0.384 e. The molecule has 2 aromatic rings. The maximum absolute atomic E-state index is 13.1. The lowest BCUT2D eigenvalue weighted by atomic mass is 9.74. The van der Waals surface area contributed by atoms with Gasteiger partial charge in [-0.25, -0.2) is 0 Å². The summed E-state index contributed by atoms with van der Waals surface area (Å²) in [6.45, 7) is 6.11. The van der Waals surface area contributed by atoms with E-state index >= 15 is 0 Å². The number of benzene rings is 2. The summed E-state index contributed by atoms with van der Waals surface area (Å²) < 4.78 is 0. The zero-order valence-corrected chi connectivity index (χ0v) is 17.1. The highest BCUT2D eigenvalue weighted by Crippen LogP contribution is 2.46. The van der Waals surface area contributed by atoms with Crippen LogP contribution in [0.5, 0.6) is 0 Å². The minimum atomic E-state index is -0.399. The van der Waals surface area contributed by atoms with Gasteiger partial charge in [0.1, 0.15) is 5.82 Å². The van der Waals surface area contributed by atoms with Gasteiger partial charge in [0.05, 0.1) is 17.6 Å². The molecule has 0 radical (unpaired) electrons. The molecule has 0 saturated carbocycles. The lowest BCUT2D eigenvalue weighted by molar-refractivity contribution is -0.116. The summed E-state index contributed by atoms with van der Waals surface area (Å²) in [6, 6.07) is 16.5. The normalized spacial score (nSPS) is 19.3. The topological polar surface area (TPSA) is 70.1 Å². The van der Waals surface area contributed by atoms with Crippen molar-refractivity contribution in [2.45, 2.75) is 46.0 Å². The van der Waals surface area contributed by atoms with Crippen LogP contribution in [0.2, 0.25) is 0 Å². The van der Waals surface area contributed by atoms with Gasteiger partial charge in [0.15, 0.2) is 5.78 Å². The first kappa shape index (κ1) is 19.0. The second-order valence-electron chi connectivity index (χ2n) is 8.02. The first-order valence-corrected chi connectivity index (χ1v) is 10.0. The predicted molar refractivity (Wildman–Crippen MR) is 115 cm³/mol. The maximum atomic E-state index is 13.1. The summed E-state index contributed by atoms with van der Waals surface area (Å²) in [5.41, 5.74) is 14.0. The number of nitrogens with two attached hydrogens (primary N) is 1. The Morgan fingerprint density at radius 1 is 1.07 bits per heavy atom. The molecule has 0 amide bonds. The third-order valence-corrected chi connectivity index (χ3v) is 5.91. The van der Waals surface area contributed by atoms with Crippen molar-refractivity contribution in [1.82, 2.24) is 0 Å². The summed E-state index contributed by atoms with van der Waals surface area (Å²) in [6.07, 6.45) is 2.09. The van der Waals surface area contributed by atoms with Crippen LogP contribution < -0.4 is 10.6 Å². The fourth-order valence-corrected chi connectivity index (χ4v) is 4.61. The van der Waals surface area contributed by atoms with Crippen molar-refractivity contribution in [3.05, 3.63) is 87.4 Å². The lowest BCUT2D eigenvalue weighted by Gasteiger charge is -2.40. The molecule has 1 aliphatic carbocycles. The molecular weight excluding hydrogens is 358 g/mol. The number of Topliss-reactive ketones (excluding diaryl/α,β-unsaturated/α-hetero) is 1. The van der Waals surface area contributed by atoms with E-state index in [-0.39, 0.29) is 5.78 Å². The van der Waals surface area contributed by atoms with E-state index in [0.29, 0.717) is 17.8 Å². The number of nitrogens with zero attached hydrogens (tertiary/aromatic N) is 2. The number of hydrogen-bond acceptors (Lipinski definition) is 4. The fraction of sp³-hybridized carbons (Fsp3) is 0.280. The molecule has 0 saturated heterocycles. The van der Waals surface area contributed by atoms with Crippen LogP contribution in [0.1, 0.15) is 47.4 Å². The van der Waals surface area contributed by atoms with E-state index in [1.807, 2.05) is 62.1 Å². The van der Waals surface area contributed by atoms with Crippen LogP contribution in [0.3, 0.4) is 0 Å². The Bertz CT molecular complexity index is 1120. The van der Waals surface area contributed by atoms with Crippen molar-refractivity contribution >= 4 is 11.5 Å². The molecule has 1 atom stereocenters. The highest BCUT2D eigenvalue weighted by molar-refractivity contribution is 6.01. The molecule has 0 aromatic heterocycles. The van der Waals surface area contributed by atoms with Crippen LogP contribution >= 0.6 is 0 Å². The molecule has 0 spiro atoms. The molecule has 4 nitrogen and oxygen atoms in total. The highest BCUT2D eigenvalue weighted by Gasteiger charge is 2.40. The summed E-state index contributed by atoms with van der Waals surface area (Å²) in [7, 11) is 0. The Morgan fingerprint density at radius 3 is 2.52 bits per heavy atom. The van der Waals surface area contributed by atoms with E-state index in [4.69, 9.17) is 5.73 Å². The van der Waals surface area contributed by atoms with E-state index in [0.717, 1.165) is 52.1 Å². The van der Waals surface area contributed by atoms with Crippen LogP contribution in [-0.4, -0.2) is 5.78 Å². The number of hydrogen-bond donors (Lipinski definition) is 1. The molecule has 4 rings (SSSR count). The summed E-state index contributed by atoms with van der Waals surface area (Å²) >= 11 is 0. The first-order valence-electron chi connectivity index (χ1n) is 10.0. The quantitative estimate of drug-likeness (QED) is 0.799. The Kier molecular flexibility index (Phi) is 4.76. The Balaban J connectivity index is 1.99. The minimum Gasteiger partial charge on any atom is -0.384 e. The van der Waals surface area contributed by atoms with Crippen LogP contribution in [-0.2, 0) is 4.79 Å². The second kappa shape index (κ2) is 7.25. The number of carbonyl (C=O) groups is 1. The number of carbonyl (C=O) groups excluding carboxylic acids is 1. The molecule has 1 heterocycles. The fourth-order valence-electron chi connectivity index (χ4n) is 4.61. The zero-order valence-electron chi connectivity index (χ0n) is 17.1. The molecule has 1 aliphatic heterocycles. The molecule has 2 N–H and O–H groups in total. The summed E-state index contributed by atoms with van der Waals surface area (Å²) in [4.78, 5) is 15.1. The van der Waals surface area contributed by atoms with Crippen LogP contribution in [0.4, 0.5) is 5.69 Å². The number of allylic oxidation sites excluding steroid dienone is 3. The van der Waals surface area contributed by atoms with E-state index in [9.17, 15) is 10.1 Å². The molecule has 0 bridgehead atoms. The van der Waals surface area contributed by atoms with E-state index in [1.54, 1.807) is 0 Å². The smallest absolute Gasteiger partial charge is 0.161 e. The van der Waals surface area contributed by atoms with Gasteiger partial charge in [0, 0.05) is 23.4 Å². The van der Waals surface area contributed by atoms with Crippen molar-refractivity contribution in [2.24, 2.45) is 5.73 Å². The second-order valence-corrected chi connectivity index (χ2v) is 8.02. The average Bonchev–Trinajstić information content (AvgIpc) is 2.67. The lowest BCUT2D eigenvalue weighted by Crippen LogP contribution is -2.38. The molecule has 146 valence electrons. The van der Waals surface area contributed by atoms with Crippen LogP contribution in [0.25, 0.3) is 0 Å². The van der Waals surface area contributed by atoms with Gasteiger partial charge in [-0.1, -0.05) is 35.9 Å². The molecular formula is C25H25N3O. The van der Waals surface area contributed by atoms with Gasteiger partial charge in [-0.15, -0.1) is 0 Å². The highest BCUT2D eigenvalue weighted by atomic mass is 16.1. The molecule has 0 fully saturated rings. The molecule has 0 unspecified atom stereocenters. The van der Waals surface area contributed by atoms with E-state index < -0.39 is 5.92 Å². The first-order chi connectivity index (χ1) is 13.9. The number of ketones is 1. The minimum absolute atomic E-state index is 0.120. The maximum Gasteiger partial charge on any atom is 0.161 e. The monoisotopic (exact) mass is 383 g/mol. The zero-order chi connectivity index (χ0) is 20.7. The van der Waals surface area contributed by atoms with Crippen molar-refractivity contribution in [3.63, 3.8) is 0 Å². The Labute approximate surface area is 171 Å². The number of anilines is 1. The summed E-state index contributed by atoms with van der Waals surface area (Å²) in [5, 5.41) is 10.1. The van der Waals surface area contributed by atoms with Gasteiger partial charge in [-0.05, 0) is 62.4 Å². The van der Waals surface area contributed by atoms with Gasteiger partial charge < -0.3 is 5.73 Å².